The molecule has 1 amide bonds. The Morgan fingerprint density at radius 3 is 2.67 bits per heavy atom. The number of nitrogens with zero attached hydrogens (tertiary/aromatic N) is 5. The van der Waals surface area contributed by atoms with E-state index in [0.717, 1.165) is 65.2 Å². The molecule has 6 rings (SSSR count). The molecule has 1 fully saturated rings. The van der Waals surface area contributed by atoms with E-state index in [2.05, 4.69) is 39.7 Å². The molecule has 2 aromatic carbocycles. The second-order valence-electron chi connectivity index (χ2n) is 10.3. The lowest BCUT2D eigenvalue weighted by Crippen LogP contribution is -2.39. The average Bonchev–Trinajstić information content (AvgIpc) is 3.37. The molecule has 0 spiro atoms. The van der Waals surface area contributed by atoms with E-state index in [9.17, 15) is 4.79 Å². The summed E-state index contributed by atoms with van der Waals surface area (Å²) in [5.74, 6) is 1.15. The van der Waals surface area contributed by atoms with Crippen LogP contribution in [0.2, 0.25) is 0 Å². The van der Waals surface area contributed by atoms with Crippen LogP contribution < -0.4 is 5.32 Å². The van der Waals surface area contributed by atoms with Gasteiger partial charge >= 0.3 is 0 Å². The third kappa shape index (κ3) is 5.39. The molecule has 1 N–H and O–H groups in total. The van der Waals surface area contributed by atoms with E-state index in [1.54, 1.807) is 6.20 Å². The van der Waals surface area contributed by atoms with Gasteiger partial charge in [0.2, 0.25) is 0 Å². The van der Waals surface area contributed by atoms with Crippen molar-refractivity contribution in [1.82, 2.24) is 24.5 Å². The van der Waals surface area contributed by atoms with Gasteiger partial charge in [0.15, 0.2) is 5.65 Å². The van der Waals surface area contributed by atoms with Crippen LogP contribution in [0.4, 0.5) is 5.82 Å². The minimum absolute atomic E-state index is 0.0998. The van der Waals surface area contributed by atoms with E-state index in [0.29, 0.717) is 13.1 Å². The fourth-order valence-corrected chi connectivity index (χ4v) is 5.39. The monoisotopic (exact) mass is 516 g/mol. The van der Waals surface area contributed by atoms with Crippen LogP contribution in [0.5, 0.6) is 0 Å². The molecule has 4 heterocycles. The largest absolute Gasteiger partial charge is 0.366 e. The Labute approximate surface area is 228 Å². The van der Waals surface area contributed by atoms with Crippen LogP contribution in [0.3, 0.4) is 0 Å². The Morgan fingerprint density at radius 1 is 1.00 bits per heavy atom. The van der Waals surface area contributed by atoms with Gasteiger partial charge in [-0.25, -0.2) is 4.98 Å². The number of hydrogen-bond acceptors (Lipinski definition) is 5. The first-order valence-electron chi connectivity index (χ1n) is 13.5. The first-order chi connectivity index (χ1) is 19.2. The molecule has 0 aliphatic carbocycles. The molecule has 0 saturated carbocycles. The van der Waals surface area contributed by atoms with Crippen molar-refractivity contribution in [2.24, 2.45) is 0 Å². The van der Waals surface area contributed by atoms with Gasteiger partial charge in [-0.1, -0.05) is 54.6 Å². The number of amides is 1. The van der Waals surface area contributed by atoms with Crippen molar-refractivity contribution in [1.29, 1.82) is 0 Å². The number of aromatic nitrogens is 4. The maximum atomic E-state index is 13.8. The predicted molar refractivity (Wildman–Crippen MR) is 153 cm³/mol. The van der Waals surface area contributed by atoms with Crippen LogP contribution in [-0.2, 0) is 13.0 Å². The lowest BCUT2D eigenvalue weighted by molar-refractivity contribution is 0.0705. The van der Waals surface area contributed by atoms with Crippen molar-refractivity contribution in [2.45, 2.75) is 38.6 Å². The van der Waals surface area contributed by atoms with Crippen molar-refractivity contribution >= 4 is 17.4 Å². The van der Waals surface area contributed by atoms with Gasteiger partial charge in [0.1, 0.15) is 5.82 Å². The summed E-state index contributed by atoms with van der Waals surface area (Å²) in [6.45, 7) is 4.08. The molecule has 7 nitrogen and oxygen atoms in total. The first kappa shape index (κ1) is 24.8. The van der Waals surface area contributed by atoms with Gasteiger partial charge in [0.05, 0.1) is 11.9 Å². The summed E-state index contributed by atoms with van der Waals surface area (Å²) in [6, 6.07) is 24.4. The van der Waals surface area contributed by atoms with Gasteiger partial charge in [-0.05, 0) is 55.0 Å². The maximum Gasteiger partial charge on any atom is 0.254 e. The summed E-state index contributed by atoms with van der Waals surface area (Å²) in [5, 5.41) is 8.08. The molecule has 1 atom stereocenters. The third-order valence-corrected chi connectivity index (χ3v) is 7.48. The highest BCUT2D eigenvalue weighted by molar-refractivity contribution is 5.96. The molecular weight excluding hydrogens is 484 g/mol. The fraction of sp³-hybridized carbons (Fsp3) is 0.250. The summed E-state index contributed by atoms with van der Waals surface area (Å²) in [4.78, 5) is 25.1. The number of rotatable bonds is 7. The topological polar surface area (TPSA) is 75.4 Å². The number of nitrogens with one attached hydrogen (secondary N) is 1. The molecule has 0 radical (unpaired) electrons. The Bertz CT molecular complexity index is 1580. The zero-order valence-corrected chi connectivity index (χ0v) is 22.1. The first-order valence-corrected chi connectivity index (χ1v) is 13.5. The molecule has 3 aromatic heterocycles. The Morgan fingerprint density at radius 2 is 1.82 bits per heavy atom. The van der Waals surface area contributed by atoms with Gasteiger partial charge in [0, 0.05) is 55.1 Å². The summed E-state index contributed by atoms with van der Waals surface area (Å²) in [7, 11) is 0. The Balaban J connectivity index is 1.25. The van der Waals surface area contributed by atoms with E-state index in [1.165, 1.54) is 5.56 Å². The molecule has 7 heteroatoms. The highest BCUT2D eigenvalue weighted by Crippen LogP contribution is 2.30. The fourth-order valence-electron chi connectivity index (χ4n) is 5.39. The molecule has 5 aromatic rings. The van der Waals surface area contributed by atoms with Crippen LogP contribution in [0.15, 0.2) is 91.4 Å². The smallest absolute Gasteiger partial charge is 0.254 e. The number of carbonyl (C=O) groups excluding carboxylic acids is 1. The van der Waals surface area contributed by atoms with Gasteiger partial charge in [-0.2, -0.15) is 9.61 Å². The van der Waals surface area contributed by atoms with E-state index in [1.807, 2.05) is 77.3 Å². The zero-order valence-electron chi connectivity index (χ0n) is 22.1. The second kappa shape index (κ2) is 11.1. The Kier molecular flexibility index (Phi) is 7.04. The highest BCUT2D eigenvalue weighted by Gasteiger charge is 2.28. The van der Waals surface area contributed by atoms with Crippen LogP contribution in [-0.4, -0.2) is 43.5 Å². The molecule has 1 aliphatic heterocycles. The maximum absolute atomic E-state index is 13.8. The zero-order chi connectivity index (χ0) is 26.6. The molecular formula is C32H32N6O. The number of anilines is 1. The predicted octanol–water partition coefficient (Wildman–Crippen LogP) is 5.66. The van der Waals surface area contributed by atoms with Crippen LogP contribution in [0.1, 0.15) is 57.1 Å². The van der Waals surface area contributed by atoms with Gasteiger partial charge in [-0.3, -0.25) is 9.78 Å². The quantitative estimate of drug-likeness (QED) is 0.302. The van der Waals surface area contributed by atoms with Crippen LogP contribution in [0.25, 0.3) is 5.65 Å². The summed E-state index contributed by atoms with van der Waals surface area (Å²) >= 11 is 0. The van der Waals surface area contributed by atoms with Gasteiger partial charge in [0.25, 0.3) is 5.91 Å². The number of likely N-dealkylation sites (tertiary alicyclic amines) is 1. The molecule has 196 valence electrons. The summed E-state index contributed by atoms with van der Waals surface area (Å²) < 4.78 is 1.86. The number of aryl methyl sites for hydroxylation is 1. The second-order valence-corrected chi connectivity index (χ2v) is 10.3. The number of piperidine rings is 1. The lowest BCUT2D eigenvalue weighted by Gasteiger charge is -2.33. The highest BCUT2D eigenvalue weighted by atomic mass is 16.2. The third-order valence-electron chi connectivity index (χ3n) is 7.48. The standard InChI is InChI=1S/C32H32N6O/c1-23-19-35-38-30(34-21-25-11-7-15-33-20-25)18-29(36-31(23)38)27-13-8-16-37(22-27)32(39)28-14-6-5-12-26(28)17-24-9-3-2-4-10-24/h2-7,9-12,14-15,18-20,27,34H,8,13,16-17,21-22H2,1H3. The summed E-state index contributed by atoms with van der Waals surface area (Å²) in [5.41, 5.74) is 7.02. The van der Waals surface area contributed by atoms with Gasteiger partial charge < -0.3 is 10.2 Å². The molecule has 1 saturated heterocycles. The van der Waals surface area contributed by atoms with E-state index in [4.69, 9.17) is 4.98 Å². The SMILES string of the molecule is Cc1cnn2c(NCc3cccnc3)cc(C3CCCN(C(=O)c4ccccc4Cc4ccccc4)C3)nc12. The normalized spacial score (nSPS) is 15.4. The minimum Gasteiger partial charge on any atom is -0.366 e. The molecule has 39 heavy (non-hydrogen) atoms. The van der Waals surface area contributed by atoms with E-state index in [-0.39, 0.29) is 11.8 Å². The average molecular weight is 517 g/mol. The number of pyridine rings is 1. The molecule has 1 aliphatic rings. The number of benzene rings is 2. The van der Waals surface area contributed by atoms with Crippen molar-refractivity contribution in [3.63, 3.8) is 0 Å². The number of hydrogen-bond donors (Lipinski definition) is 1. The van der Waals surface area contributed by atoms with E-state index >= 15 is 0 Å². The van der Waals surface area contributed by atoms with Crippen molar-refractivity contribution in [2.75, 3.05) is 18.4 Å². The van der Waals surface area contributed by atoms with Crippen LogP contribution >= 0.6 is 0 Å². The van der Waals surface area contributed by atoms with Crippen molar-refractivity contribution in [3.8, 4) is 0 Å². The minimum atomic E-state index is 0.0998. The van der Waals surface area contributed by atoms with Crippen molar-refractivity contribution < 1.29 is 4.79 Å². The van der Waals surface area contributed by atoms with Crippen LogP contribution in [0, 0.1) is 6.92 Å². The Hall–Kier alpha value is -4.52. The molecule has 1 unspecified atom stereocenters. The van der Waals surface area contributed by atoms with E-state index < -0.39 is 0 Å². The number of carbonyl (C=O) groups is 1. The summed E-state index contributed by atoms with van der Waals surface area (Å²) in [6.07, 6.45) is 8.17. The van der Waals surface area contributed by atoms with Gasteiger partial charge in [-0.15, -0.1) is 0 Å². The molecule has 0 bridgehead atoms. The van der Waals surface area contributed by atoms with Crippen molar-refractivity contribution in [3.05, 3.63) is 125 Å². The lowest BCUT2D eigenvalue weighted by atomic mass is 9.93. The number of fused-ring (bicyclic) bond motifs is 1.